The van der Waals surface area contributed by atoms with Gasteiger partial charge >= 0.3 is 0 Å². The number of nitrogens with one attached hydrogen (secondary N) is 1. The first-order valence-corrected chi connectivity index (χ1v) is 6.70. The first kappa shape index (κ1) is 12.2. The number of ketones is 1. The van der Waals surface area contributed by atoms with Gasteiger partial charge in [-0.2, -0.15) is 0 Å². The van der Waals surface area contributed by atoms with Crippen LogP contribution in [0.1, 0.15) is 12.8 Å². The first-order valence-electron chi connectivity index (χ1n) is 6.70. The standard InChI is InChI=1S/C16H17NO2/c18-16-14-9-5-4-6-12(14)10-11-15(16)19-17-13-7-2-1-3-8-13/h1-9,12,14-15,17H,10-11H2. The molecular weight excluding hydrogens is 238 g/mol. The number of Topliss-reactive ketones (excluding diaryl/α,β-unsaturated/α-hetero) is 1. The monoisotopic (exact) mass is 255 g/mol. The molecule has 1 fully saturated rings. The van der Waals surface area contributed by atoms with Crippen LogP contribution < -0.4 is 5.48 Å². The fraction of sp³-hybridized carbons (Fsp3) is 0.312. The van der Waals surface area contributed by atoms with E-state index in [0.717, 1.165) is 18.5 Å². The van der Waals surface area contributed by atoms with E-state index in [2.05, 4.69) is 11.6 Å². The number of carbonyl (C=O) groups excluding carboxylic acids is 1. The summed E-state index contributed by atoms with van der Waals surface area (Å²) in [4.78, 5) is 17.9. The van der Waals surface area contributed by atoms with Gasteiger partial charge < -0.3 is 0 Å². The van der Waals surface area contributed by atoms with Crippen LogP contribution in [0.5, 0.6) is 0 Å². The SMILES string of the molecule is O=C1C(ONc2ccccc2)CCC2C=CC=CC12. The van der Waals surface area contributed by atoms with Crippen molar-refractivity contribution in [3.8, 4) is 0 Å². The van der Waals surface area contributed by atoms with Gasteiger partial charge in [0.15, 0.2) is 5.78 Å². The lowest BCUT2D eigenvalue weighted by Gasteiger charge is -2.32. The topological polar surface area (TPSA) is 38.3 Å². The molecule has 3 unspecified atom stereocenters. The Bertz CT molecular complexity index is 507. The molecule has 1 N–H and O–H groups in total. The van der Waals surface area contributed by atoms with Gasteiger partial charge in [0, 0.05) is 5.92 Å². The van der Waals surface area contributed by atoms with E-state index in [4.69, 9.17) is 4.84 Å². The molecule has 0 radical (unpaired) electrons. The molecule has 2 aliphatic rings. The second-order valence-corrected chi connectivity index (χ2v) is 5.01. The van der Waals surface area contributed by atoms with Crippen LogP contribution in [-0.4, -0.2) is 11.9 Å². The molecule has 1 aromatic rings. The fourth-order valence-corrected chi connectivity index (χ4v) is 2.70. The van der Waals surface area contributed by atoms with E-state index in [0.29, 0.717) is 5.92 Å². The van der Waals surface area contributed by atoms with Crippen LogP contribution in [-0.2, 0) is 9.63 Å². The lowest BCUT2D eigenvalue weighted by atomic mass is 9.75. The molecule has 0 amide bonds. The lowest BCUT2D eigenvalue weighted by molar-refractivity contribution is -0.135. The van der Waals surface area contributed by atoms with Crippen molar-refractivity contribution in [3.05, 3.63) is 54.6 Å². The zero-order valence-electron chi connectivity index (χ0n) is 10.7. The van der Waals surface area contributed by atoms with Gasteiger partial charge in [0.2, 0.25) is 0 Å². The quantitative estimate of drug-likeness (QED) is 0.843. The van der Waals surface area contributed by atoms with Crippen LogP contribution in [0.25, 0.3) is 0 Å². The summed E-state index contributed by atoms with van der Waals surface area (Å²) in [5.74, 6) is 0.524. The fourth-order valence-electron chi connectivity index (χ4n) is 2.70. The Labute approximate surface area is 112 Å². The van der Waals surface area contributed by atoms with Crippen LogP contribution in [0.3, 0.4) is 0 Å². The van der Waals surface area contributed by atoms with E-state index in [1.807, 2.05) is 48.6 Å². The predicted octanol–water partition coefficient (Wildman–Crippen LogP) is 3.12. The number of fused-ring (bicyclic) bond motifs is 1. The summed E-state index contributed by atoms with van der Waals surface area (Å²) in [6, 6.07) is 9.64. The van der Waals surface area contributed by atoms with Crippen LogP contribution >= 0.6 is 0 Å². The normalized spacial score (nSPS) is 29.1. The molecule has 1 saturated carbocycles. The van der Waals surface area contributed by atoms with Gasteiger partial charge in [-0.3, -0.25) is 15.1 Å². The molecule has 2 aliphatic carbocycles. The average Bonchev–Trinajstić information content (AvgIpc) is 2.48. The minimum absolute atomic E-state index is 0.0127. The van der Waals surface area contributed by atoms with Crippen LogP contribution in [0.4, 0.5) is 5.69 Å². The minimum Gasteiger partial charge on any atom is -0.296 e. The summed E-state index contributed by atoms with van der Waals surface area (Å²) in [5, 5.41) is 0. The van der Waals surface area contributed by atoms with Gasteiger partial charge in [-0.1, -0.05) is 42.5 Å². The summed E-state index contributed by atoms with van der Waals surface area (Å²) >= 11 is 0. The maximum Gasteiger partial charge on any atom is 0.171 e. The van der Waals surface area contributed by atoms with Crippen LogP contribution in [0.15, 0.2) is 54.6 Å². The molecule has 3 nitrogen and oxygen atoms in total. The van der Waals surface area contributed by atoms with Crippen molar-refractivity contribution in [1.29, 1.82) is 0 Å². The van der Waals surface area contributed by atoms with Crippen molar-refractivity contribution in [1.82, 2.24) is 0 Å². The largest absolute Gasteiger partial charge is 0.296 e. The Hall–Kier alpha value is -1.87. The van der Waals surface area contributed by atoms with E-state index in [1.54, 1.807) is 0 Å². The first-order chi connectivity index (χ1) is 9.34. The molecule has 1 aromatic carbocycles. The van der Waals surface area contributed by atoms with E-state index in [9.17, 15) is 4.79 Å². The summed E-state index contributed by atoms with van der Waals surface area (Å²) in [5.41, 5.74) is 3.75. The second kappa shape index (κ2) is 5.41. The Morgan fingerprint density at radius 2 is 1.84 bits per heavy atom. The molecule has 0 heterocycles. The lowest BCUT2D eigenvalue weighted by Crippen LogP contribution is -2.40. The van der Waals surface area contributed by atoms with Crippen LogP contribution in [0, 0.1) is 11.8 Å². The summed E-state index contributed by atoms with van der Waals surface area (Å²) in [6.45, 7) is 0. The third-order valence-electron chi connectivity index (χ3n) is 3.75. The van der Waals surface area contributed by atoms with Gasteiger partial charge in [0.05, 0.1) is 5.69 Å². The highest BCUT2D eigenvalue weighted by atomic mass is 16.7. The number of rotatable bonds is 3. The molecule has 0 aromatic heterocycles. The molecule has 0 bridgehead atoms. The van der Waals surface area contributed by atoms with Gasteiger partial charge in [-0.05, 0) is 30.9 Å². The van der Waals surface area contributed by atoms with Crippen molar-refractivity contribution in [3.63, 3.8) is 0 Å². The van der Waals surface area contributed by atoms with E-state index in [1.165, 1.54) is 0 Å². The number of hydrogen-bond donors (Lipinski definition) is 1. The predicted molar refractivity (Wildman–Crippen MR) is 74.4 cm³/mol. The number of para-hydroxylation sites is 1. The number of hydrogen-bond acceptors (Lipinski definition) is 3. The average molecular weight is 255 g/mol. The van der Waals surface area contributed by atoms with Gasteiger partial charge in [0.25, 0.3) is 0 Å². The molecule has 3 rings (SSSR count). The number of carbonyl (C=O) groups is 1. The van der Waals surface area contributed by atoms with E-state index < -0.39 is 0 Å². The highest BCUT2D eigenvalue weighted by molar-refractivity contribution is 5.88. The Morgan fingerprint density at radius 3 is 2.68 bits per heavy atom. The zero-order chi connectivity index (χ0) is 13.1. The van der Waals surface area contributed by atoms with Crippen molar-refractivity contribution in [2.45, 2.75) is 18.9 Å². The van der Waals surface area contributed by atoms with Crippen molar-refractivity contribution >= 4 is 11.5 Å². The Kier molecular flexibility index (Phi) is 3.47. The molecule has 98 valence electrons. The van der Waals surface area contributed by atoms with Crippen LogP contribution in [0.2, 0.25) is 0 Å². The van der Waals surface area contributed by atoms with Gasteiger partial charge in [-0.25, -0.2) is 0 Å². The summed E-state index contributed by atoms with van der Waals surface area (Å²) < 4.78 is 0. The second-order valence-electron chi connectivity index (χ2n) is 5.01. The van der Waals surface area contributed by atoms with E-state index in [-0.39, 0.29) is 17.8 Å². The number of anilines is 1. The van der Waals surface area contributed by atoms with Gasteiger partial charge in [-0.15, -0.1) is 0 Å². The third kappa shape index (κ3) is 2.61. The smallest absolute Gasteiger partial charge is 0.171 e. The number of benzene rings is 1. The summed E-state index contributed by atoms with van der Waals surface area (Å²) in [6.07, 6.45) is 9.52. The molecule has 0 spiro atoms. The highest BCUT2D eigenvalue weighted by Crippen LogP contribution is 2.33. The molecule has 3 heteroatoms. The molecule has 19 heavy (non-hydrogen) atoms. The molecule has 0 saturated heterocycles. The van der Waals surface area contributed by atoms with Crippen molar-refractivity contribution < 1.29 is 9.63 Å². The van der Waals surface area contributed by atoms with Crippen molar-refractivity contribution in [2.75, 3.05) is 5.48 Å². The maximum absolute atomic E-state index is 12.3. The third-order valence-corrected chi connectivity index (χ3v) is 3.75. The maximum atomic E-state index is 12.3. The summed E-state index contributed by atoms with van der Waals surface area (Å²) in [7, 11) is 0. The molecular formula is C16H17NO2. The van der Waals surface area contributed by atoms with Crippen molar-refractivity contribution in [2.24, 2.45) is 11.8 Å². The number of allylic oxidation sites excluding steroid dienone is 4. The zero-order valence-corrected chi connectivity index (χ0v) is 10.7. The van der Waals surface area contributed by atoms with Gasteiger partial charge in [0.1, 0.15) is 6.10 Å². The van der Waals surface area contributed by atoms with E-state index >= 15 is 0 Å². The minimum atomic E-state index is -0.349. The molecule has 3 atom stereocenters. The Balaban J connectivity index is 1.62. The molecule has 0 aliphatic heterocycles. The highest BCUT2D eigenvalue weighted by Gasteiger charge is 2.37. The Morgan fingerprint density at radius 1 is 1.05 bits per heavy atom.